The number of carbonyl (C=O) groups is 1. The number of alkyl halides is 3. The summed E-state index contributed by atoms with van der Waals surface area (Å²) in [5.74, 6) is -0.620. The quantitative estimate of drug-likeness (QED) is 0.926. The Kier molecular flexibility index (Phi) is 3.89. The second-order valence-corrected chi connectivity index (χ2v) is 5.96. The molecule has 2 heterocycles. The van der Waals surface area contributed by atoms with Gasteiger partial charge in [-0.1, -0.05) is 0 Å². The van der Waals surface area contributed by atoms with Gasteiger partial charge in [0.15, 0.2) is 11.8 Å². The molecule has 6 nitrogen and oxygen atoms in total. The van der Waals surface area contributed by atoms with E-state index in [1.807, 2.05) is 0 Å². The highest BCUT2D eigenvalue weighted by molar-refractivity contribution is 5.84. The minimum absolute atomic E-state index is 0.0622. The van der Waals surface area contributed by atoms with Gasteiger partial charge in [0.1, 0.15) is 0 Å². The molecule has 1 amide bonds. The Labute approximate surface area is 136 Å². The molecular formula is C15H17F3N4O2. The summed E-state index contributed by atoms with van der Waals surface area (Å²) in [7, 11) is 1.51. The summed E-state index contributed by atoms with van der Waals surface area (Å²) in [6.07, 6.45) is -3.69. The highest BCUT2D eigenvalue weighted by Crippen LogP contribution is 2.37. The largest absolute Gasteiger partial charge is 0.464 e. The smallest absolute Gasteiger partial charge is 0.417 e. The lowest BCUT2D eigenvalue weighted by Crippen LogP contribution is -2.37. The predicted molar refractivity (Wildman–Crippen MR) is 79.5 cm³/mol. The Morgan fingerprint density at radius 3 is 2.71 bits per heavy atom. The zero-order valence-electron chi connectivity index (χ0n) is 13.4. The number of hydrogen-bond acceptors (Lipinski definition) is 4. The van der Waals surface area contributed by atoms with Crippen molar-refractivity contribution in [2.24, 2.45) is 7.05 Å². The maximum atomic E-state index is 13.4. The molecule has 0 aliphatic heterocycles. The van der Waals surface area contributed by atoms with E-state index >= 15 is 0 Å². The van der Waals surface area contributed by atoms with Crippen molar-refractivity contribution in [2.75, 3.05) is 0 Å². The van der Waals surface area contributed by atoms with Gasteiger partial charge < -0.3 is 10.1 Å². The van der Waals surface area contributed by atoms with Crippen LogP contribution in [0, 0.1) is 6.92 Å². The van der Waals surface area contributed by atoms with E-state index in [-0.39, 0.29) is 34.6 Å². The van der Waals surface area contributed by atoms with Crippen molar-refractivity contribution in [1.29, 1.82) is 0 Å². The summed E-state index contributed by atoms with van der Waals surface area (Å²) in [5.41, 5.74) is -0.576. The third-order valence-corrected chi connectivity index (χ3v) is 3.84. The summed E-state index contributed by atoms with van der Waals surface area (Å²) in [4.78, 5) is 16.0. The van der Waals surface area contributed by atoms with Crippen LogP contribution >= 0.6 is 0 Å². The lowest BCUT2D eigenvalue weighted by molar-refractivity contribution is -0.136. The molecule has 0 saturated heterocycles. The summed E-state index contributed by atoms with van der Waals surface area (Å²) in [6.45, 7) is 2.97. The number of pyridine rings is 1. The molecule has 1 N–H and O–H groups in total. The fraction of sp³-hybridized carbons (Fsp3) is 0.533. The fourth-order valence-electron chi connectivity index (χ4n) is 2.49. The van der Waals surface area contributed by atoms with Gasteiger partial charge in [-0.15, -0.1) is 0 Å². The Balaban J connectivity index is 1.96. The van der Waals surface area contributed by atoms with Gasteiger partial charge in [-0.3, -0.25) is 9.48 Å². The summed E-state index contributed by atoms with van der Waals surface area (Å²) >= 11 is 0. The molecule has 24 heavy (non-hydrogen) atoms. The number of rotatable bonds is 4. The standard InChI is InChI=1S/C15H17F3N4O2/c1-7-12-10(15(16,17)18)6-11(20-13(12)22(3)21-7)24-8(2)14(23)19-9-4-5-9/h6,8-9H,4-5H2,1-3H3,(H,19,23). The molecule has 1 unspecified atom stereocenters. The van der Waals surface area contributed by atoms with Gasteiger partial charge in [0.2, 0.25) is 5.88 Å². The molecular weight excluding hydrogens is 325 g/mol. The highest BCUT2D eigenvalue weighted by atomic mass is 19.4. The van der Waals surface area contributed by atoms with Crippen molar-refractivity contribution < 1.29 is 22.7 Å². The number of ether oxygens (including phenoxy) is 1. The molecule has 9 heteroatoms. The number of hydrogen-bond donors (Lipinski definition) is 1. The van der Waals surface area contributed by atoms with Gasteiger partial charge in [0, 0.05) is 19.2 Å². The van der Waals surface area contributed by atoms with Crippen LogP contribution in [-0.4, -0.2) is 32.8 Å². The maximum Gasteiger partial charge on any atom is 0.417 e. The van der Waals surface area contributed by atoms with E-state index in [9.17, 15) is 18.0 Å². The van der Waals surface area contributed by atoms with Crippen LogP contribution in [0.25, 0.3) is 11.0 Å². The molecule has 0 spiro atoms. The van der Waals surface area contributed by atoms with Gasteiger partial charge in [-0.05, 0) is 26.7 Å². The van der Waals surface area contributed by atoms with E-state index in [2.05, 4.69) is 15.4 Å². The Morgan fingerprint density at radius 1 is 1.46 bits per heavy atom. The molecule has 1 atom stereocenters. The molecule has 130 valence electrons. The maximum absolute atomic E-state index is 13.4. The molecule has 0 aromatic carbocycles. The minimum atomic E-state index is -4.58. The molecule has 2 aromatic heterocycles. The summed E-state index contributed by atoms with van der Waals surface area (Å²) in [5, 5.41) is 6.66. The average molecular weight is 342 g/mol. The highest BCUT2D eigenvalue weighted by Gasteiger charge is 2.36. The molecule has 0 radical (unpaired) electrons. The lowest BCUT2D eigenvalue weighted by atomic mass is 10.1. The van der Waals surface area contributed by atoms with Crippen LogP contribution < -0.4 is 10.1 Å². The molecule has 1 aliphatic carbocycles. The van der Waals surface area contributed by atoms with Crippen molar-refractivity contribution in [3.63, 3.8) is 0 Å². The molecule has 3 rings (SSSR count). The summed E-state index contributed by atoms with van der Waals surface area (Å²) < 4.78 is 46.7. The van der Waals surface area contributed by atoms with Crippen LogP contribution in [0.4, 0.5) is 13.2 Å². The van der Waals surface area contributed by atoms with Crippen LogP contribution in [-0.2, 0) is 18.0 Å². The second-order valence-electron chi connectivity index (χ2n) is 5.96. The molecule has 1 saturated carbocycles. The topological polar surface area (TPSA) is 69.0 Å². The van der Waals surface area contributed by atoms with Gasteiger partial charge in [0.25, 0.3) is 5.91 Å². The third kappa shape index (κ3) is 3.15. The first kappa shape index (κ1) is 16.5. The van der Waals surface area contributed by atoms with Crippen LogP contribution in [0.3, 0.4) is 0 Å². The molecule has 0 bridgehead atoms. The van der Waals surface area contributed by atoms with Crippen molar-refractivity contribution in [2.45, 2.75) is 45.0 Å². The first-order valence-corrected chi connectivity index (χ1v) is 7.55. The molecule has 1 fully saturated rings. The third-order valence-electron chi connectivity index (χ3n) is 3.84. The van der Waals surface area contributed by atoms with E-state index in [0.29, 0.717) is 0 Å². The number of nitrogens with zero attached hydrogens (tertiary/aromatic N) is 3. The monoisotopic (exact) mass is 342 g/mol. The van der Waals surface area contributed by atoms with Gasteiger partial charge >= 0.3 is 6.18 Å². The van der Waals surface area contributed by atoms with Gasteiger partial charge in [-0.2, -0.15) is 23.3 Å². The van der Waals surface area contributed by atoms with Crippen LogP contribution in [0.15, 0.2) is 6.07 Å². The number of nitrogens with one attached hydrogen (secondary N) is 1. The predicted octanol–water partition coefficient (Wildman–Crippen LogP) is 2.34. The van der Waals surface area contributed by atoms with Crippen molar-refractivity contribution in [3.8, 4) is 5.88 Å². The number of halogens is 3. The lowest BCUT2D eigenvalue weighted by Gasteiger charge is -2.16. The van der Waals surface area contributed by atoms with E-state index < -0.39 is 17.8 Å². The zero-order valence-corrected chi connectivity index (χ0v) is 13.4. The minimum Gasteiger partial charge on any atom is -0.464 e. The first-order chi connectivity index (χ1) is 11.2. The zero-order chi connectivity index (χ0) is 17.6. The number of carbonyl (C=O) groups excluding carboxylic acids is 1. The van der Waals surface area contributed by atoms with Crippen LogP contribution in [0.2, 0.25) is 0 Å². The molecule has 2 aromatic rings. The Morgan fingerprint density at radius 2 is 2.12 bits per heavy atom. The van der Waals surface area contributed by atoms with Crippen LogP contribution in [0.1, 0.15) is 31.0 Å². The van der Waals surface area contributed by atoms with Crippen molar-refractivity contribution in [1.82, 2.24) is 20.1 Å². The Hall–Kier alpha value is -2.32. The van der Waals surface area contributed by atoms with Gasteiger partial charge in [-0.25, -0.2) is 0 Å². The Bertz CT molecular complexity index is 796. The SMILES string of the molecule is Cc1nn(C)c2nc(OC(C)C(=O)NC3CC3)cc(C(F)(F)F)c12. The number of aromatic nitrogens is 3. The van der Waals surface area contributed by atoms with E-state index in [4.69, 9.17) is 4.74 Å². The van der Waals surface area contributed by atoms with E-state index in [1.54, 1.807) is 0 Å². The van der Waals surface area contributed by atoms with Crippen molar-refractivity contribution in [3.05, 3.63) is 17.3 Å². The van der Waals surface area contributed by atoms with Crippen molar-refractivity contribution >= 4 is 16.9 Å². The fourth-order valence-corrected chi connectivity index (χ4v) is 2.49. The van der Waals surface area contributed by atoms with Crippen LogP contribution in [0.5, 0.6) is 5.88 Å². The average Bonchev–Trinajstić information content (AvgIpc) is 3.24. The van der Waals surface area contributed by atoms with Gasteiger partial charge in [0.05, 0.1) is 16.6 Å². The summed E-state index contributed by atoms with van der Waals surface area (Å²) in [6, 6.07) is 0.960. The first-order valence-electron chi connectivity index (χ1n) is 7.55. The number of amides is 1. The molecule has 1 aliphatic rings. The number of fused-ring (bicyclic) bond motifs is 1. The van der Waals surface area contributed by atoms with E-state index in [0.717, 1.165) is 18.9 Å². The second kappa shape index (κ2) is 5.64. The van der Waals surface area contributed by atoms with E-state index in [1.165, 1.54) is 25.6 Å². The number of aryl methyl sites for hydroxylation is 2. The normalized spacial score (nSPS) is 16.2.